The maximum atomic E-state index is 13.8. The minimum absolute atomic E-state index is 0.211. The number of benzene rings is 2. The topological polar surface area (TPSA) is 73.1 Å². The van der Waals surface area contributed by atoms with Crippen molar-refractivity contribution in [2.24, 2.45) is 4.99 Å². The van der Waals surface area contributed by atoms with Crippen LogP contribution in [0.5, 0.6) is 5.75 Å². The van der Waals surface area contributed by atoms with Crippen molar-refractivity contribution in [3.05, 3.63) is 90.6 Å². The smallest absolute Gasteiger partial charge is 0.338 e. The first-order chi connectivity index (χ1) is 17.4. The number of nitrogens with zero attached hydrogens (tertiary/aromatic N) is 3. The number of carbonyl (C=O) groups is 1. The third-order valence-electron chi connectivity index (χ3n) is 6.26. The molecule has 2 heterocycles. The molecular weight excluding hydrogens is 474 g/mol. The van der Waals surface area contributed by atoms with E-state index in [-0.39, 0.29) is 12.2 Å². The van der Waals surface area contributed by atoms with Gasteiger partial charge in [-0.05, 0) is 51.5 Å². The number of methoxy groups -OCH3 is 1. The van der Waals surface area contributed by atoms with E-state index in [9.17, 15) is 9.59 Å². The van der Waals surface area contributed by atoms with E-state index in [2.05, 4.69) is 23.7 Å². The molecule has 36 heavy (non-hydrogen) atoms. The number of anilines is 1. The van der Waals surface area contributed by atoms with Gasteiger partial charge in [-0.25, -0.2) is 9.79 Å². The van der Waals surface area contributed by atoms with Gasteiger partial charge in [-0.1, -0.05) is 41.7 Å². The molecular formula is C28H31N3O4S. The predicted molar refractivity (Wildman–Crippen MR) is 143 cm³/mol. The summed E-state index contributed by atoms with van der Waals surface area (Å²) in [6.45, 7) is 9.79. The van der Waals surface area contributed by atoms with Crippen LogP contribution in [0.25, 0.3) is 6.08 Å². The lowest BCUT2D eigenvalue weighted by atomic mass is 9.96. The van der Waals surface area contributed by atoms with Gasteiger partial charge in [0.25, 0.3) is 5.56 Å². The highest BCUT2D eigenvalue weighted by molar-refractivity contribution is 7.07. The van der Waals surface area contributed by atoms with Gasteiger partial charge in [0.2, 0.25) is 0 Å². The molecule has 0 saturated heterocycles. The number of fused-ring (bicyclic) bond motifs is 1. The summed E-state index contributed by atoms with van der Waals surface area (Å²) in [6.07, 6.45) is 1.83. The van der Waals surface area contributed by atoms with E-state index >= 15 is 0 Å². The van der Waals surface area contributed by atoms with Crippen LogP contribution in [0, 0.1) is 0 Å². The lowest BCUT2D eigenvalue weighted by Gasteiger charge is -2.24. The van der Waals surface area contributed by atoms with Crippen LogP contribution in [0.1, 0.15) is 44.9 Å². The Morgan fingerprint density at radius 3 is 2.50 bits per heavy atom. The summed E-state index contributed by atoms with van der Waals surface area (Å²) in [5.74, 6) is 0.226. The van der Waals surface area contributed by atoms with Gasteiger partial charge >= 0.3 is 5.97 Å². The number of esters is 1. The van der Waals surface area contributed by atoms with Crippen LogP contribution in [-0.4, -0.2) is 37.3 Å². The molecule has 0 N–H and O–H groups in total. The summed E-state index contributed by atoms with van der Waals surface area (Å²) in [6, 6.07) is 14.9. The Bertz CT molecular complexity index is 1470. The third kappa shape index (κ3) is 4.73. The quantitative estimate of drug-likeness (QED) is 0.437. The van der Waals surface area contributed by atoms with Crippen molar-refractivity contribution >= 4 is 29.1 Å². The van der Waals surface area contributed by atoms with Crippen molar-refractivity contribution in [2.75, 3.05) is 31.7 Å². The second kappa shape index (κ2) is 11.0. The summed E-state index contributed by atoms with van der Waals surface area (Å²) in [7, 11) is 1.63. The lowest BCUT2D eigenvalue weighted by Crippen LogP contribution is -2.39. The number of hydrogen-bond donors (Lipinski definition) is 0. The van der Waals surface area contributed by atoms with Gasteiger partial charge in [-0.3, -0.25) is 9.36 Å². The van der Waals surface area contributed by atoms with E-state index in [4.69, 9.17) is 9.47 Å². The number of thiazole rings is 1. The van der Waals surface area contributed by atoms with Crippen molar-refractivity contribution in [2.45, 2.75) is 33.7 Å². The van der Waals surface area contributed by atoms with E-state index < -0.39 is 12.0 Å². The Balaban J connectivity index is 1.89. The normalized spacial score (nSPS) is 15.4. The van der Waals surface area contributed by atoms with Gasteiger partial charge in [-0.2, -0.15) is 0 Å². The molecule has 7 nitrogen and oxygen atoms in total. The highest BCUT2D eigenvalue weighted by Crippen LogP contribution is 2.31. The molecule has 0 fully saturated rings. The molecule has 0 spiro atoms. The highest BCUT2D eigenvalue weighted by atomic mass is 32.1. The van der Waals surface area contributed by atoms with Crippen LogP contribution in [0.4, 0.5) is 5.69 Å². The van der Waals surface area contributed by atoms with Crippen LogP contribution in [0.2, 0.25) is 0 Å². The number of allylic oxidation sites excluding steroid dienone is 1. The Morgan fingerprint density at radius 2 is 1.86 bits per heavy atom. The third-order valence-corrected chi connectivity index (χ3v) is 7.25. The van der Waals surface area contributed by atoms with E-state index in [1.807, 2.05) is 54.6 Å². The molecule has 188 valence electrons. The van der Waals surface area contributed by atoms with Crippen molar-refractivity contribution in [3.8, 4) is 5.75 Å². The predicted octanol–water partition coefficient (Wildman–Crippen LogP) is 3.65. The summed E-state index contributed by atoms with van der Waals surface area (Å²) in [4.78, 5) is 34.1. The molecule has 1 aromatic heterocycles. The molecule has 0 aliphatic carbocycles. The minimum atomic E-state index is -0.615. The van der Waals surface area contributed by atoms with Gasteiger partial charge in [0.05, 0.1) is 35.6 Å². The summed E-state index contributed by atoms with van der Waals surface area (Å²) in [5.41, 5.74) is 3.41. The Labute approximate surface area is 214 Å². The zero-order valence-electron chi connectivity index (χ0n) is 21.3. The molecule has 0 saturated carbocycles. The molecule has 1 aliphatic heterocycles. The number of hydrogen-bond acceptors (Lipinski definition) is 7. The first-order valence-corrected chi connectivity index (χ1v) is 12.9. The molecule has 1 atom stereocenters. The second-order valence-corrected chi connectivity index (χ2v) is 9.32. The SMILES string of the molecule is CCOC(=O)C1=C(C)N=c2sc(=Cc3ccc(N(CC)CC)cc3OC)c(=O)n2[C@@H]1c1ccccc1. The number of carbonyl (C=O) groups excluding carboxylic acids is 1. The van der Waals surface area contributed by atoms with Crippen LogP contribution in [0.3, 0.4) is 0 Å². The van der Waals surface area contributed by atoms with Gasteiger partial charge < -0.3 is 14.4 Å². The van der Waals surface area contributed by atoms with Crippen LogP contribution >= 0.6 is 11.3 Å². The zero-order valence-corrected chi connectivity index (χ0v) is 22.1. The molecule has 3 aromatic rings. The fourth-order valence-electron chi connectivity index (χ4n) is 4.49. The van der Waals surface area contributed by atoms with Gasteiger partial charge in [0.1, 0.15) is 5.75 Å². The van der Waals surface area contributed by atoms with Crippen molar-refractivity contribution < 1.29 is 14.3 Å². The minimum Gasteiger partial charge on any atom is -0.496 e. The Morgan fingerprint density at radius 1 is 1.14 bits per heavy atom. The number of rotatable bonds is 8. The summed E-state index contributed by atoms with van der Waals surface area (Å²) >= 11 is 1.30. The van der Waals surface area contributed by atoms with E-state index in [0.717, 1.165) is 29.9 Å². The summed E-state index contributed by atoms with van der Waals surface area (Å²) in [5, 5.41) is 0. The van der Waals surface area contributed by atoms with Gasteiger partial charge in [0.15, 0.2) is 4.80 Å². The highest BCUT2D eigenvalue weighted by Gasteiger charge is 2.33. The largest absolute Gasteiger partial charge is 0.496 e. The average molecular weight is 506 g/mol. The first-order valence-electron chi connectivity index (χ1n) is 12.1. The number of ether oxygens (including phenoxy) is 2. The van der Waals surface area contributed by atoms with Crippen molar-refractivity contribution in [3.63, 3.8) is 0 Å². The molecule has 4 rings (SSSR count). The maximum Gasteiger partial charge on any atom is 0.338 e. The first kappa shape index (κ1) is 25.4. The van der Waals surface area contributed by atoms with Gasteiger partial charge in [0, 0.05) is 30.4 Å². The standard InChI is InChI=1S/C28H31N3O4S/c1-6-30(7-2)21-15-14-20(22(17-21)34-5)16-23-26(32)31-25(19-12-10-9-11-13-19)24(27(33)35-8-3)18(4)29-28(31)36-23/h9-17,25H,6-8H2,1-5H3/t25-/m1/s1. The zero-order chi connectivity index (χ0) is 25.8. The molecule has 0 unspecified atom stereocenters. The Hall–Kier alpha value is -3.65. The molecule has 0 bridgehead atoms. The van der Waals surface area contributed by atoms with Crippen molar-refractivity contribution in [1.82, 2.24) is 4.57 Å². The molecule has 0 radical (unpaired) electrons. The second-order valence-electron chi connectivity index (χ2n) is 8.31. The van der Waals surface area contributed by atoms with Gasteiger partial charge in [-0.15, -0.1) is 0 Å². The summed E-state index contributed by atoms with van der Waals surface area (Å²) < 4.78 is 13.1. The van der Waals surface area contributed by atoms with Crippen LogP contribution < -0.4 is 24.5 Å². The van der Waals surface area contributed by atoms with Crippen molar-refractivity contribution in [1.29, 1.82) is 0 Å². The van der Waals surface area contributed by atoms with E-state index in [1.165, 1.54) is 11.3 Å². The molecule has 2 aromatic carbocycles. The molecule has 1 aliphatic rings. The lowest BCUT2D eigenvalue weighted by molar-refractivity contribution is -0.139. The van der Waals surface area contributed by atoms with E-state index in [0.29, 0.717) is 26.4 Å². The molecule has 8 heteroatoms. The fraction of sp³-hybridized carbons (Fsp3) is 0.321. The number of aromatic nitrogens is 1. The monoisotopic (exact) mass is 505 g/mol. The van der Waals surface area contributed by atoms with Crippen LogP contribution in [-0.2, 0) is 9.53 Å². The molecule has 0 amide bonds. The maximum absolute atomic E-state index is 13.8. The Kier molecular flexibility index (Phi) is 7.74. The average Bonchev–Trinajstić information content (AvgIpc) is 3.19. The fourth-order valence-corrected chi connectivity index (χ4v) is 5.53. The van der Waals surface area contributed by atoms with Crippen LogP contribution in [0.15, 0.2) is 69.6 Å². The van der Waals surface area contributed by atoms with E-state index in [1.54, 1.807) is 25.5 Å².